The highest BCUT2D eigenvalue weighted by atomic mass is 35.5. The molecule has 0 saturated heterocycles. The number of hydrogen-bond donors (Lipinski definition) is 0. The predicted octanol–water partition coefficient (Wildman–Crippen LogP) is 2.02. The molecular formula is C14H6ClO5S-. The van der Waals surface area contributed by atoms with Gasteiger partial charge in [0.25, 0.3) is 0 Å². The van der Waals surface area contributed by atoms with Crippen molar-refractivity contribution < 1.29 is 22.6 Å². The Morgan fingerprint density at radius 1 is 0.905 bits per heavy atom. The van der Waals surface area contributed by atoms with Crippen LogP contribution < -0.4 is 0 Å². The number of rotatable bonds is 1. The molecule has 0 amide bonds. The number of benzene rings is 2. The largest absolute Gasteiger partial charge is 0.744 e. The van der Waals surface area contributed by atoms with Gasteiger partial charge in [0.1, 0.15) is 10.1 Å². The summed E-state index contributed by atoms with van der Waals surface area (Å²) in [6.45, 7) is 0. The lowest BCUT2D eigenvalue weighted by atomic mass is 9.84. The third-order valence-corrected chi connectivity index (χ3v) is 4.40. The first-order chi connectivity index (χ1) is 9.80. The number of fused-ring (bicyclic) bond motifs is 2. The molecule has 0 N–H and O–H groups in total. The molecule has 0 heterocycles. The second kappa shape index (κ2) is 4.49. The molecule has 1 aliphatic carbocycles. The van der Waals surface area contributed by atoms with Crippen molar-refractivity contribution in [1.29, 1.82) is 0 Å². The summed E-state index contributed by atoms with van der Waals surface area (Å²) in [7, 11) is -4.70. The zero-order valence-electron chi connectivity index (χ0n) is 10.3. The van der Waals surface area contributed by atoms with Crippen LogP contribution in [0.15, 0.2) is 41.3 Å². The van der Waals surface area contributed by atoms with Crippen LogP contribution in [0.2, 0.25) is 5.02 Å². The Labute approximate surface area is 124 Å². The highest BCUT2D eigenvalue weighted by Crippen LogP contribution is 2.32. The molecule has 0 fully saturated rings. The fraction of sp³-hybridized carbons (Fsp3) is 0. The van der Waals surface area contributed by atoms with Crippen LogP contribution in [-0.2, 0) is 10.1 Å². The summed E-state index contributed by atoms with van der Waals surface area (Å²) in [5.41, 5.74) is 0.120. The zero-order chi connectivity index (χ0) is 15.4. The number of ketones is 2. The van der Waals surface area contributed by atoms with Crippen molar-refractivity contribution in [3.8, 4) is 0 Å². The van der Waals surface area contributed by atoms with Gasteiger partial charge in [0, 0.05) is 16.7 Å². The molecule has 0 spiro atoms. The summed E-state index contributed by atoms with van der Waals surface area (Å²) in [6.07, 6.45) is 0. The molecule has 2 aromatic rings. The fourth-order valence-corrected chi connectivity index (χ4v) is 3.05. The molecule has 0 aliphatic heterocycles. The number of carbonyl (C=O) groups excluding carboxylic acids is 2. The van der Waals surface area contributed by atoms with Crippen LogP contribution in [0.5, 0.6) is 0 Å². The number of hydrogen-bond acceptors (Lipinski definition) is 5. The molecule has 1 aliphatic rings. The molecule has 0 aromatic heterocycles. The Morgan fingerprint density at radius 2 is 1.62 bits per heavy atom. The van der Waals surface area contributed by atoms with Gasteiger partial charge in [-0.2, -0.15) is 0 Å². The van der Waals surface area contributed by atoms with Gasteiger partial charge in [0.05, 0.1) is 15.5 Å². The topological polar surface area (TPSA) is 91.3 Å². The minimum Gasteiger partial charge on any atom is -0.744 e. The molecule has 0 saturated carbocycles. The Hall–Kier alpha value is -2.02. The van der Waals surface area contributed by atoms with Gasteiger partial charge in [0.15, 0.2) is 11.6 Å². The number of carbonyl (C=O) groups is 2. The van der Waals surface area contributed by atoms with Gasteiger partial charge < -0.3 is 4.55 Å². The first kappa shape index (κ1) is 13.9. The van der Waals surface area contributed by atoms with Gasteiger partial charge in [-0.1, -0.05) is 23.7 Å². The van der Waals surface area contributed by atoms with E-state index in [-0.39, 0.29) is 27.3 Å². The van der Waals surface area contributed by atoms with Crippen molar-refractivity contribution >= 4 is 33.3 Å². The zero-order valence-corrected chi connectivity index (χ0v) is 11.9. The minimum absolute atomic E-state index is 0.0352. The molecule has 106 valence electrons. The summed E-state index contributed by atoms with van der Waals surface area (Å²) >= 11 is 5.95. The standard InChI is InChI=1S/C14H7ClO5S/c15-11-3-1-2-9-12(11)14(17)8-5-4-7(21(18,19)20)6-10(8)13(9)16/h1-6H,(H,18,19,20)/p-1. The molecule has 21 heavy (non-hydrogen) atoms. The van der Waals surface area contributed by atoms with E-state index in [9.17, 15) is 22.6 Å². The van der Waals surface area contributed by atoms with Crippen LogP contribution >= 0.6 is 11.6 Å². The van der Waals surface area contributed by atoms with Crippen LogP contribution in [0.4, 0.5) is 0 Å². The van der Waals surface area contributed by atoms with E-state index in [1.807, 2.05) is 0 Å². The lowest BCUT2D eigenvalue weighted by Gasteiger charge is -2.19. The maximum absolute atomic E-state index is 12.4. The van der Waals surface area contributed by atoms with Gasteiger partial charge in [0.2, 0.25) is 0 Å². The highest BCUT2D eigenvalue weighted by Gasteiger charge is 2.31. The molecule has 0 bridgehead atoms. The highest BCUT2D eigenvalue weighted by molar-refractivity contribution is 7.85. The van der Waals surface area contributed by atoms with Gasteiger partial charge in [-0.3, -0.25) is 9.59 Å². The molecule has 5 nitrogen and oxygen atoms in total. The molecule has 0 unspecified atom stereocenters. The molecule has 0 atom stereocenters. The summed E-state index contributed by atoms with van der Waals surface area (Å²) in [6, 6.07) is 7.55. The smallest absolute Gasteiger partial charge is 0.196 e. The van der Waals surface area contributed by atoms with E-state index in [1.54, 1.807) is 0 Å². The van der Waals surface area contributed by atoms with Crippen LogP contribution in [0.25, 0.3) is 0 Å². The fourth-order valence-electron chi connectivity index (χ4n) is 2.29. The Kier molecular flexibility index (Phi) is 2.98. The van der Waals surface area contributed by atoms with Crippen molar-refractivity contribution in [2.24, 2.45) is 0 Å². The van der Waals surface area contributed by atoms with E-state index in [2.05, 4.69) is 0 Å². The summed E-state index contributed by atoms with van der Waals surface area (Å²) < 4.78 is 33.1. The molecule has 2 aromatic carbocycles. The Balaban J connectivity index is 2.31. The first-order valence-corrected chi connectivity index (χ1v) is 7.57. The summed E-state index contributed by atoms with van der Waals surface area (Å²) in [5, 5.41) is 0.150. The van der Waals surface area contributed by atoms with E-state index in [0.717, 1.165) is 18.2 Å². The van der Waals surface area contributed by atoms with E-state index in [0.29, 0.717) is 0 Å². The summed E-state index contributed by atoms with van der Waals surface area (Å²) in [5.74, 6) is -1.01. The quantitative estimate of drug-likeness (QED) is 0.639. The molecular weight excluding hydrogens is 316 g/mol. The monoisotopic (exact) mass is 321 g/mol. The van der Waals surface area contributed by atoms with Crippen molar-refractivity contribution in [1.82, 2.24) is 0 Å². The van der Waals surface area contributed by atoms with Crippen molar-refractivity contribution in [3.63, 3.8) is 0 Å². The van der Waals surface area contributed by atoms with Gasteiger partial charge in [-0.05, 0) is 24.3 Å². The molecule has 7 heteroatoms. The average Bonchev–Trinajstić information content (AvgIpc) is 2.43. The van der Waals surface area contributed by atoms with E-state index in [4.69, 9.17) is 11.6 Å². The maximum Gasteiger partial charge on any atom is 0.196 e. The minimum atomic E-state index is -4.70. The van der Waals surface area contributed by atoms with Crippen LogP contribution in [-0.4, -0.2) is 24.5 Å². The van der Waals surface area contributed by atoms with E-state index < -0.39 is 26.6 Å². The average molecular weight is 322 g/mol. The van der Waals surface area contributed by atoms with Crippen LogP contribution in [0.1, 0.15) is 31.8 Å². The van der Waals surface area contributed by atoms with Gasteiger partial charge in [-0.15, -0.1) is 0 Å². The molecule has 0 radical (unpaired) electrons. The lowest BCUT2D eigenvalue weighted by Crippen LogP contribution is -2.21. The maximum atomic E-state index is 12.4. The van der Waals surface area contributed by atoms with Crippen LogP contribution in [0.3, 0.4) is 0 Å². The van der Waals surface area contributed by atoms with Gasteiger partial charge >= 0.3 is 0 Å². The number of halogens is 1. The van der Waals surface area contributed by atoms with Crippen molar-refractivity contribution in [2.75, 3.05) is 0 Å². The van der Waals surface area contributed by atoms with E-state index in [1.165, 1.54) is 18.2 Å². The third kappa shape index (κ3) is 2.08. The SMILES string of the molecule is O=C1c2cc(S(=O)(=O)[O-])ccc2C(=O)c2c(Cl)cccc21. The lowest BCUT2D eigenvalue weighted by molar-refractivity contribution is 0.0979. The van der Waals surface area contributed by atoms with Crippen LogP contribution in [0, 0.1) is 0 Å². The van der Waals surface area contributed by atoms with Crippen molar-refractivity contribution in [3.05, 3.63) is 63.7 Å². The van der Waals surface area contributed by atoms with Crippen molar-refractivity contribution in [2.45, 2.75) is 4.90 Å². The first-order valence-electron chi connectivity index (χ1n) is 5.78. The summed E-state index contributed by atoms with van der Waals surface area (Å²) in [4.78, 5) is 24.2. The van der Waals surface area contributed by atoms with Gasteiger partial charge in [-0.25, -0.2) is 8.42 Å². The second-order valence-corrected chi connectivity index (χ2v) is 6.27. The normalized spacial score (nSPS) is 13.8. The Morgan fingerprint density at radius 3 is 2.29 bits per heavy atom. The second-order valence-electron chi connectivity index (χ2n) is 4.48. The third-order valence-electron chi connectivity index (χ3n) is 3.25. The van der Waals surface area contributed by atoms with E-state index >= 15 is 0 Å². The predicted molar refractivity (Wildman–Crippen MR) is 72.7 cm³/mol. The Bertz CT molecular complexity index is 915. The molecule has 3 rings (SSSR count).